The molecule has 3 N–H and O–H groups in total. The molecule has 45 heavy (non-hydrogen) atoms. The summed E-state index contributed by atoms with van der Waals surface area (Å²) < 4.78 is 5.81. The molecule has 2 amide bonds. The Morgan fingerprint density at radius 2 is 1.82 bits per heavy atom. The van der Waals surface area contributed by atoms with Crippen molar-refractivity contribution in [2.24, 2.45) is 10.9 Å². The van der Waals surface area contributed by atoms with Crippen LogP contribution in [0.1, 0.15) is 56.7 Å². The van der Waals surface area contributed by atoms with Gasteiger partial charge in [-0.2, -0.15) is 0 Å². The number of hydrogen-bond donors (Lipinski definition) is 3. The number of allylic oxidation sites excluding steroid dienone is 4. The molecule has 1 aliphatic carbocycles. The fraction of sp³-hybridized carbons (Fsp3) is 0.429. The first-order valence-corrected chi connectivity index (χ1v) is 15.7. The van der Waals surface area contributed by atoms with E-state index in [-0.39, 0.29) is 49.7 Å². The van der Waals surface area contributed by atoms with Crippen LogP contribution in [0.3, 0.4) is 0 Å². The van der Waals surface area contributed by atoms with Crippen LogP contribution in [0, 0.1) is 19.8 Å². The number of β-amino-alcohol motifs (C(OH)–C–C–N with tert-alkyl or cyclic N) is 1. The maximum Gasteiger partial charge on any atom is 0.261 e. The summed E-state index contributed by atoms with van der Waals surface area (Å²) in [6.07, 6.45) is 5.11. The Kier molecular flexibility index (Phi) is 8.98. The molecule has 0 radical (unpaired) electrons. The van der Waals surface area contributed by atoms with E-state index < -0.39 is 6.10 Å². The SMILES string of the molecule is Cc1ccc(OCC(O)CN=C2C=CCC(=O)C2=C2Cc3cc4c(cc3N2)C(=O)N(CC2CCN(CCO)CC2)C4=O)c(C)c1. The summed E-state index contributed by atoms with van der Waals surface area (Å²) in [5.41, 5.74) is 6.09. The molecular weight excluding hydrogens is 572 g/mol. The number of imide groups is 1. The smallest absolute Gasteiger partial charge is 0.261 e. The van der Waals surface area contributed by atoms with E-state index in [1.807, 2.05) is 32.0 Å². The van der Waals surface area contributed by atoms with Gasteiger partial charge in [-0.3, -0.25) is 24.3 Å². The Morgan fingerprint density at radius 1 is 1.07 bits per heavy atom. The number of aryl methyl sites for hydroxylation is 2. The molecule has 1 saturated heterocycles. The summed E-state index contributed by atoms with van der Waals surface area (Å²) in [5.74, 6) is 0.316. The first-order chi connectivity index (χ1) is 21.7. The molecule has 10 heteroatoms. The predicted octanol–water partition coefficient (Wildman–Crippen LogP) is 3.24. The van der Waals surface area contributed by atoms with Crippen molar-refractivity contribution in [1.29, 1.82) is 0 Å². The molecule has 10 nitrogen and oxygen atoms in total. The highest BCUT2D eigenvalue weighted by atomic mass is 16.5. The number of anilines is 1. The van der Waals surface area contributed by atoms with E-state index >= 15 is 0 Å². The second-order valence-corrected chi connectivity index (χ2v) is 12.4. The standard InChI is InChI=1S/C35H40N4O6/c1-21-6-7-32(22(2)14-21)45-20-25(41)18-36-28-4-3-5-31(42)33(28)30-16-24-15-26-27(17-29(24)37-30)35(44)39(34(26)43)19-23-8-10-38(11-9-23)12-13-40/h3-4,6-7,14-15,17,23,25,37,40-41H,5,8-13,16,18-20H2,1-2H3. The number of Topliss-reactive ketones (excluding diaryl/α,β-unsaturated/α-hetero) is 1. The summed E-state index contributed by atoms with van der Waals surface area (Å²) in [4.78, 5) is 48.0. The minimum Gasteiger partial charge on any atom is -0.491 e. The van der Waals surface area contributed by atoms with Crippen LogP contribution in [0.4, 0.5) is 5.69 Å². The third-order valence-corrected chi connectivity index (χ3v) is 9.06. The van der Waals surface area contributed by atoms with Gasteiger partial charge in [0.15, 0.2) is 5.78 Å². The molecule has 1 fully saturated rings. The molecule has 236 valence electrons. The average Bonchev–Trinajstić information content (AvgIpc) is 3.53. The van der Waals surface area contributed by atoms with Crippen LogP contribution in [0.25, 0.3) is 0 Å². The molecule has 2 aromatic carbocycles. The summed E-state index contributed by atoms with van der Waals surface area (Å²) in [5, 5.41) is 23.1. The molecule has 0 aromatic heterocycles. The number of nitrogens with zero attached hydrogens (tertiary/aromatic N) is 3. The lowest BCUT2D eigenvalue weighted by Crippen LogP contribution is -2.41. The molecule has 6 rings (SSSR count). The minimum atomic E-state index is -0.861. The minimum absolute atomic E-state index is 0.0647. The first kappa shape index (κ1) is 30.9. The Labute approximate surface area is 263 Å². The van der Waals surface area contributed by atoms with E-state index in [9.17, 15) is 24.6 Å². The quantitative estimate of drug-likeness (QED) is 0.291. The number of rotatable bonds is 9. The number of aliphatic hydroxyl groups excluding tert-OH is 2. The zero-order chi connectivity index (χ0) is 31.7. The van der Waals surface area contributed by atoms with Crippen LogP contribution < -0.4 is 10.1 Å². The van der Waals surface area contributed by atoms with Gasteiger partial charge in [0.05, 0.1) is 35.6 Å². The lowest BCUT2D eigenvalue weighted by atomic mass is 9.94. The Balaban J connectivity index is 1.13. The third-order valence-electron chi connectivity index (χ3n) is 9.06. The number of amides is 2. The number of aliphatic imine (C=N–C) groups is 1. The molecule has 2 aromatic rings. The number of ketones is 1. The van der Waals surface area contributed by atoms with Crippen molar-refractivity contribution in [2.45, 2.75) is 45.6 Å². The Morgan fingerprint density at radius 3 is 2.56 bits per heavy atom. The molecular formula is C35H40N4O6. The van der Waals surface area contributed by atoms with Crippen molar-refractivity contribution in [3.63, 3.8) is 0 Å². The summed E-state index contributed by atoms with van der Waals surface area (Å²) in [6, 6.07) is 9.38. The normalized spacial score (nSPS) is 21.8. The molecule has 0 spiro atoms. The van der Waals surface area contributed by atoms with E-state index in [2.05, 4.69) is 15.2 Å². The van der Waals surface area contributed by atoms with Crippen LogP contribution >= 0.6 is 0 Å². The number of carbonyl (C=O) groups excluding carboxylic acids is 3. The summed E-state index contributed by atoms with van der Waals surface area (Å²) in [7, 11) is 0. The predicted molar refractivity (Wildman–Crippen MR) is 171 cm³/mol. The third kappa shape index (κ3) is 6.49. The van der Waals surface area contributed by atoms with Gasteiger partial charge in [0.25, 0.3) is 11.8 Å². The van der Waals surface area contributed by atoms with Crippen LogP contribution in [0.2, 0.25) is 0 Å². The van der Waals surface area contributed by atoms with Crippen LogP contribution in [-0.2, 0) is 11.2 Å². The maximum absolute atomic E-state index is 13.4. The van der Waals surface area contributed by atoms with E-state index in [0.29, 0.717) is 59.1 Å². The first-order valence-electron chi connectivity index (χ1n) is 15.7. The van der Waals surface area contributed by atoms with Crippen LogP contribution in [0.15, 0.2) is 58.7 Å². The molecule has 1 unspecified atom stereocenters. The van der Waals surface area contributed by atoms with E-state index in [0.717, 1.165) is 42.6 Å². The summed E-state index contributed by atoms with van der Waals surface area (Å²) in [6.45, 7) is 6.99. The van der Waals surface area contributed by atoms with Crippen LogP contribution in [-0.4, -0.2) is 95.4 Å². The number of aliphatic hydroxyl groups is 2. The van der Waals surface area contributed by atoms with Crippen molar-refractivity contribution < 1.29 is 29.3 Å². The van der Waals surface area contributed by atoms with Gasteiger partial charge in [-0.1, -0.05) is 23.8 Å². The highest BCUT2D eigenvalue weighted by Crippen LogP contribution is 2.37. The van der Waals surface area contributed by atoms with Crippen molar-refractivity contribution in [2.75, 3.05) is 51.3 Å². The maximum atomic E-state index is 13.4. The van der Waals surface area contributed by atoms with Crippen molar-refractivity contribution in [1.82, 2.24) is 9.80 Å². The van der Waals surface area contributed by atoms with Gasteiger partial charge in [0, 0.05) is 37.3 Å². The summed E-state index contributed by atoms with van der Waals surface area (Å²) >= 11 is 0. The fourth-order valence-corrected chi connectivity index (χ4v) is 6.61. The zero-order valence-electron chi connectivity index (χ0n) is 25.8. The van der Waals surface area contributed by atoms with Crippen LogP contribution in [0.5, 0.6) is 5.75 Å². The number of ether oxygens (including phenoxy) is 1. The number of carbonyl (C=O) groups is 3. The number of nitrogens with one attached hydrogen (secondary N) is 1. The fourth-order valence-electron chi connectivity index (χ4n) is 6.61. The average molecular weight is 613 g/mol. The number of piperidine rings is 1. The second-order valence-electron chi connectivity index (χ2n) is 12.4. The van der Waals surface area contributed by atoms with Gasteiger partial charge in [0.2, 0.25) is 0 Å². The molecule has 1 atom stereocenters. The largest absolute Gasteiger partial charge is 0.491 e. The Hall–Kier alpha value is -4.12. The number of benzene rings is 2. The van der Waals surface area contributed by atoms with Gasteiger partial charge >= 0.3 is 0 Å². The number of likely N-dealkylation sites (tertiary alicyclic amines) is 1. The van der Waals surface area contributed by atoms with Crippen molar-refractivity contribution >= 4 is 29.0 Å². The zero-order valence-corrected chi connectivity index (χ0v) is 25.8. The lowest BCUT2D eigenvalue weighted by molar-refractivity contribution is -0.114. The van der Waals surface area contributed by atoms with Gasteiger partial charge in [-0.15, -0.1) is 0 Å². The number of fused-ring (bicyclic) bond motifs is 2. The highest BCUT2D eigenvalue weighted by Gasteiger charge is 2.39. The highest BCUT2D eigenvalue weighted by molar-refractivity contribution is 6.29. The van der Waals surface area contributed by atoms with Gasteiger partial charge in [-0.05, 0) is 81.1 Å². The number of hydrogen-bond acceptors (Lipinski definition) is 9. The van der Waals surface area contributed by atoms with E-state index in [4.69, 9.17) is 4.74 Å². The monoisotopic (exact) mass is 612 g/mol. The van der Waals surface area contributed by atoms with Gasteiger partial charge < -0.3 is 25.2 Å². The van der Waals surface area contributed by atoms with Crippen molar-refractivity contribution in [3.8, 4) is 5.75 Å². The second kappa shape index (κ2) is 13.1. The molecule has 0 bridgehead atoms. The van der Waals surface area contributed by atoms with Crippen molar-refractivity contribution in [3.05, 3.63) is 81.6 Å². The van der Waals surface area contributed by atoms with E-state index in [1.54, 1.807) is 24.3 Å². The van der Waals surface area contributed by atoms with E-state index in [1.165, 1.54) is 4.90 Å². The van der Waals surface area contributed by atoms with Gasteiger partial charge in [0.1, 0.15) is 18.5 Å². The molecule has 3 aliphatic heterocycles. The molecule has 0 saturated carbocycles. The molecule has 4 aliphatic rings. The Bertz CT molecular complexity index is 1570. The lowest BCUT2D eigenvalue weighted by Gasteiger charge is -2.32. The topological polar surface area (TPSA) is 132 Å². The molecule has 3 heterocycles. The van der Waals surface area contributed by atoms with Gasteiger partial charge in [-0.25, -0.2) is 0 Å².